The largest absolute Gasteiger partial charge is 0.463 e. The number of rotatable bonds is 2. The summed E-state index contributed by atoms with van der Waals surface area (Å²) in [5.74, 6) is 1.41. The first-order valence-corrected chi connectivity index (χ1v) is 6.39. The molecule has 0 amide bonds. The van der Waals surface area contributed by atoms with Gasteiger partial charge in [-0.15, -0.1) is 0 Å². The van der Waals surface area contributed by atoms with Crippen molar-refractivity contribution < 1.29 is 14.3 Å². The Morgan fingerprint density at radius 2 is 1.62 bits per heavy atom. The van der Waals surface area contributed by atoms with Gasteiger partial charge in [0.15, 0.2) is 0 Å². The maximum Gasteiger partial charge on any atom is 0.302 e. The lowest BCUT2D eigenvalue weighted by Gasteiger charge is -2.41. The second-order valence-electron chi connectivity index (χ2n) is 5.24. The van der Waals surface area contributed by atoms with Crippen LogP contribution in [-0.4, -0.2) is 25.3 Å². The lowest BCUT2D eigenvalue weighted by molar-refractivity contribution is -0.150. The summed E-state index contributed by atoms with van der Waals surface area (Å²) >= 11 is 0. The van der Waals surface area contributed by atoms with Crippen LogP contribution < -0.4 is 0 Å². The summed E-state index contributed by atoms with van der Waals surface area (Å²) in [5, 5.41) is 0. The zero-order valence-electron chi connectivity index (χ0n) is 10.3. The van der Waals surface area contributed by atoms with Gasteiger partial charge in [-0.25, -0.2) is 0 Å². The summed E-state index contributed by atoms with van der Waals surface area (Å²) in [7, 11) is 1.80. The van der Waals surface area contributed by atoms with Gasteiger partial charge in [-0.2, -0.15) is 0 Å². The van der Waals surface area contributed by atoms with E-state index in [1.807, 2.05) is 0 Å². The van der Waals surface area contributed by atoms with E-state index < -0.39 is 0 Å². The molecule has 4 atom stereocenters. The van der Waals surface area contributed by atoms with E-state index in [4.69, 9.17) is 9.47 Å². The first-order chi connectivity index (χ1) is 7.69. The third kappa shape index (κ3) is 2.76. The molecule has 3 heteroatoms. The van der Waals surface area contributed by atoms with Gasteiger partial charge in [0, 0.05) is 14.0 Å². The topological polar surface area (TPSA) is 35.5 Å². The molecule has 0 aromatic heterocycles. The van der Waals surface area contributed by atoms with Gasteiger partial charge in [0.25, 0.3) is 0 Å². The van der Waals surface area contributed by atoms with Crippen LogP contribution in [0.1, 0.15) is 45.4 Å². The van der Waals surface area contributed by atoms with E-state index in [-0.39, 0.29) is 12.1 Å². The third-order valence-electron chi connectivity index (χ3n) is 4.18. The van der Waals surface area contributed by atoms with Crippen molar-refractivity contribution in [1.29, 1.82) is 0 Å². The highest BCUT2D eigenvalue weighted by atomic mass is 16.5. The van der Waals surface area contributed by atoms with Crippen molar-refractivity contribution in [3.8, 4) is 0 Å². The van der Waals surface area contributed by atoms with Crippen LogP contribution in [0, 0.1) is 11.8 Å². The number of ether oxygens (including phenoxy) is 2. The van der Waals surface area contributed by atoms with Crippen LogP contribution >= 0.6 is 0 Å². The molecule has 0 radical (unpaired) electrons. The van der Waals surface area contributed by atoms with Crippen molar-refractivity contribution in [2.24, 2.45) is 11.8 Å². The molecular weight excluding hydrogens is 204 g/mol. The summed E-state index contributed by atoms with van der Waals surface area (Å²) in [6, 6.07) is 0. The highest BCUT2D eigenvalue weighted by Gasteiger charge is 2.36. The Balaban J connectivity index is 1.88. The maximum absolute atomic E-state index is 10.9. The minimum atomic E-state index is -0.137. The molecule has 92 valence electrons. The molecular formula is C13H22O3. The molecule has 0 saturated heterocycles. The standard InChI is InChI=1S/C13H22O3/c1-9(14)16-13-6-4-10-3-5-12(15-2)7-11(10)8-13/h10-13H,3-8H2,1-2H3. The molecule has 2 saturated carbocycles. The van der Waals surface area contributed by atoms with Gasteiger partial charge in [0.1, 0.15) is 6.10 Å². The van der Waals surface area contributed by atoms with Gasteiger partial charge in [-0.1, -0.05) is 0 Å². The molecule has 2 aliphatic rings. The Labute approximate surface area is 97.5 Å². The van der Waals surface area contributed by atoms with Crippen molar-refractivity contribution in [3.05, 3.63) is 0 Å². The molecule has 0 N–H and O–H groups in total. The molecule has 0 aromatic rings. The summed E-state index contributed by atoms with van der Waals surface area (Å²) in [6.45, 7) is 1.50. The fraction of sp³-hybridized carbons (Fsp3) is 0.923. The first-order valence-electron chi connectivity index (χ1n) is 6.39. The molecule has 0 bridgehead atoms. The molecule has 0 heterocycles. The summed E-state index contributed by atoms with van der Waals surface area (Å²) in [5.41, 5.74) is 0. The number of carbonyl (C=O) groups is 1. The SMILES string of the molecule is COC1CCC2CCC(OC(C)=O)CC2C1. The van der Waals surface area contributed by atoms with E-state index >= 15 is 0 Å². The number of hydrogen-bond donors (Lipinski definition) is 0. The molecule has 3 nitrogen and oxygen atoms in total. The average Bonchev–Trinajstić information content (AvgIpc) is 2.27. The second-order valence-corrected chi connectivity index (χ2v) is 5.24. The molecule has 2 aliphatic carbocycles. The van der Waals surface area contributed by atoms with Crippen molar-refractivity contribution in [1.82, 2.24) is 0 Å². The highest BCUT2D eigenvalue weighted by molar-refractivity contribution is 5.66. The average molecular weight is 226 g/mol. The van der Waals surface area contributed by atoms with Gasteiger partial charge in [-0.05, 0) is 50.4 Å². The van der Waals surface area contributed by atoms with Crippen LogP contribution in [0.4, 0.5) is 0 Å². The molecule has 2 rings (SSSR count). The number of esters is 1. The number of methoxy groups -OCH3 is 1. The fourth-order valence-electron chi connectivity index (χ4n) is 3.36. The van der Waals surface area contributed by atoms with E-state index in [1.165, 1.54) is 26.2 Å². The zero-order chi connectivity index (χ0) is 11.5. The predicted molar refractivity (Wildman–Crippen MR) is 61.0 cm³/mol. The van der Waals surface area contributed by atoms with Crippen molar-refractivity contribution in [3.63, 3.8) is 0 Å². The molecule has 0 aliphatic heterocycles. The predicted octanol–water partition coefficient (Wildman–Crippen LogP) is 2.53. The normalized spacial score (nSPS) is 38.9. The van der Waals surface area contributed by atoms with Crippen molar-refractivity contribution in [2.45, 2.75) is 57.7 Å². The van der Waals surface area contributed by atoms with Gasteiger partial charge in [0.2, 0.25) is 0 Å². The van der Waals surface area contributed by atoms with Gasteiger partial charge < -0.3 is 9.47 Å². The Morgan fingerprint density at radius 3 is 2.25 bits per heavy atom. The molecule has 0 spiro atoms. The molecule has 4 unspecified atom stereocenters. The molecule has 2 fully saturated rings. The highest BCUT2D eigenvalue weighted by Crippen LogP contribution is 2.42. The van der Waals surface area contributed by atoms with Gasteiger partial charge >= 0.3 is 5.97 Å². The van der Waals surface area contributed by atoms with Gasteiger partial charge in [-0.3, -0.25) is 4.79 Å². The number of fused-ring (bicyclic) bond motifs is 1. The van der Waals surface area contributed by atoms with E-state index in [0.717, 1.165) is 25.2 Å². The van der Waals surface area contributed by atoms with E-state index in [9.17, 15) is 4.79 Å². The van der Waals surface area contributed by atoms with Crippen LogP contribution in [0.2, 0.25) is 0 Å². The molecule has 0 aromatic carbocycles. The number of hydrogen-bond acceptors (Lipinski definition) is 3. The lowest BCUT2D eigenvalue weighted by atomic mass is 9.69. The second kappa shape index (κ2) is 5.17. The first kappa shape index (κ1) is 11.9. The van der Waals surface area contributed by atoms with Crippen LogP contribution in [0.15, 0.2) is 0 Å². The minimum absolute atomic E-state index is 0.137. The van der Waals surface area contributed by atoms with Crippen molar-refractivity contribution in [2.75, 3.05) is 7.11 Å². The summed E-state index contributed by atoms with van der Waals surface area (Å²) in [6.07, 6.45) is 7.55. The van der Waals surface area contributed by atoms with Crippen LogP contribution in [0.5, 0.6) is 0 Å². The Bertz CT molecular complexity index is 252. The Hall–Kier alpha value is -0.570. The monoisotopic (exact) mass is 226 g/mol. The van der Waals surface area contributed by atoms with Crippen LogP contribution in [-0.2, 0) is 14.3 Å². The Kier molecular flexibility index (Phi) is 3.85. The quantitative estimate of drug-likeness (QED) is 0.679. The lowest BCUT2D eigenvalue weighted by Crippen LogP contribution is -2.36. The zero-order valence-corrected chi connectivity index (χ0v) is 10.3. The maximum atomic E-state index is 10.9. The minimum Gasteiger partial charge on any atom is -0.463 e. The van der Waals surface area contributed by atoms with E-state index in [2.05, 4.69) is 0 Å². The fourth-order valence-corrected chi connectivity index (χ4v) is 3.36. The number of carbonyl (C=O) groups excluding carboxylic acids is 1. The summed E-state index contributed by atoms with van der Waals surface area (Å²) in [4.78, 5) is 10.9. The van der Waals surface area contributed by atoms with Crippen molar-refractivity contribution >= 4 is 5.97 Å². The van der Waals surface area contributed by atoms with E-state index in [0.29, 0.717) is 12.0 Å². The van der Waals surface area contributed by atoms with Crippen LogP contribution in [0.3, 0.4) is 0 Å². The summed E-state index contributed by atoms with van der Waals surface area (Å²) < 4.78 is 10.8. The third-order valence-corrected chi connectivity index (χ3v) is 4.18. The molecule has 16 heavy (non-hydrogen) atoms. The van der Waals surface area contributed by atoms with Gasteiger partial charge in [0.05, 0.1) is 6.10 Å². The van der Waals surface area contributed by atoms with E-state index in [1.54, 1.807) is 7.11 Å². The smallest absolute Gasteiger partial charge is 0.302 e. The Morgan fingerprint density at radius 1 is 1.00 bits per heavy atom. The van der Waals surface area contributed by atoms with Crippen LogP contribution in [0.25, 0.3) is 0 Å².